The first-order valence-corrected chi connectivity index (χ1v) is 5.68. The Balaban J connectivity index is 2.15. The number of aryl methyl sites for hydroxylation is 2. The number of hydrogen-bond acceptors (Lipinski definition) is 4. The fourth-order valence-electron chi connectivity index (χ4n) is 1.99. The maximum absolute atomic E-state index is 5.70. The molecule has 0 aliphatic heterocycles. The molecule has 1 aliphatic rings. The first-order chi connectivity index (χ1) is 7.85. The van der Waals surface area contributed by atoms with Crippen LogP contribution in [-0.4, -0.2) is 25.3 Å². The monoisotopic (exact) mass is 222 g/mol. The molecule has 0 saturated heterocycles. The SMILES string of the molecule is COCCOc1nc2c(cc1CN)CCC2. The molecule has 0 amide bonds. The van der Waals surface area contributed by atoms with Crippen LogP contribution >= 0.6 is 0 Å². The van der Waals surface area contributed by atoms with Gasteiger partial charge in [0.15, 0.2) is 0 Å². The summed E-state index contributed by atoms with van der Waals surface area (Å²) < 4.78 is 10.5. The Bertz CT molecular complexity index is 366. The predicted octanol–water partition coefficient (Wildman–Crippen LogP) is 1.05. The van der Waals surface area contributed by atoms with Gasteiger partial charge in [-0.2, -0.15) is 0 Å². The summed E-state index contributed by atoms with van der Waals surface area (Å²) >= 11 is 0. The minimum atomic E-state index is 0.475. The molecule has 88 valence electrons. The van der Waals surface area contributed by atoms with Gasteiger partial charge in [0.25, 0.3) is 0 Å². The molecule has 1 aliphatic carbocycles. The molecular formula is C12H18N2O2. The molecule has 1 heterocycles. The Morgan fingerprint density at radius 2 is 2.25 bits per heavy atom. The van der Waals surface area contributed by atoms with Crippen LogP contribution < -0.4 is 10.5 Å². The van der Waals surface area contributed by atoms with Gasteiger partial charge in [0, 0.05) is 24.9 Å². The van der Waals surface area contributed by atoms with Crippen molar-refractivity contribution in [2.75, 3.05) is 20.3 Å². The molecule has 0 unspecified atom stereocenters. The molecule has 1 aromatic rings. The molecule has 0 fully saturated rings. The number of fused-ring (bicyclic) bond motifs is 1. The predicted molar refractivity (Wildman–Crippen MR) is 61.5 cm³/mol. The van der Waals surface area contributed by atoms with Crippen molar-refractivity contribution in [3.63, 3.8) is 0 Å². The lowest BCUT2D eigenvalue weighted by molar-refractivity contribution is 0.143. The van der Waals surface area contributed by atoms with E-state index >= 15 is 0 Å². The number of ether oxygens (including phenoxy) is 2. The van der Waals surface area contributed by atoms with Crippen LogP contribution in [0.25, 0.3) is 0 Å². The highest BCUT2D eigenvalue weighted by atomic mass is 16.5. The van der Waals surface area contributed by atoms with Crippen molar-refractivity contribution in [2.45, 2.75) is 25.8 Å². The molecule has 4 heteroatoms. The van der Waals surface area contributed by atoms with Crippen molar-refractivity contribution >= 4 is 0 Å². The van der Waals surface area contributed by atoms with Crippen LogP contribution in [0.3, 0.4) is 0 Å². The molecule has 4 nitrogen and oxygen atoms in total. The normalized spacial score (nSPS) is 13.9. The van der Waals surface area contributed by atoms with Gasteiger partial charge in [-0.3, -0.25) is 0 Å². The molecule has 2 rings (SSSR count). The molecule has 16 heavy (non-hydrogen) atoms. The lowest BCUT2D eigenvalue weighted by Crippen LogP contribution is -2.10. The zero-order valence-electron chi connectivity index (χ0n) is 9.66. The van der Waals surface area contributed by atoms with E-state index < -0.39 is 0 Å². The van der Waals surface area contributed by atoms with E-state index in [1.165, 1.54) is 17.7 Å². The van der Waals surface area contributed by atoms with Crippen LogP contribution in [0.1, 0.15) is 23.2 Å². The molecule has 0 aromatic carbocycles. The van der Waals surface area contributed by atoms with E-state index in [4.69, 9.17) is 15.2 Å². The van der Waals surface area contributed by atoms with Crippen LogP contribution in [0, 0.1) is 0 Å². The second kappa shape index (κ2) is 5.27. The van der Waals surface area contributed by atoms with E-state index in [0.29, 0.717) is 25.6 Å². The maximum atomic E-state index is 5.70. The molecule has 0 bridgehead atoms. The summed E-state index contributed by atoms with van der Waals surface area (Å²) in [6.45, 7) is 1.57. The maximum Gasteiger partial charge on any atom is 0.218 e. The Morgan fingerprint density at radius 1 is 1.38 bits per heavy atom. The van der Waals surface area contributed by atoms with Gasteiger partial charge in [0.05, 0.1) is 6.61 Å². The highest BCUT2D eigenvalue weighted by Crippen LogP contribution is 2.26. The van der Waals surface area contributed by atoms with E-state index in [1.807, 2.05) is 0 Å². The zero-order valence-corrected chi connectivity index (χ0v) is 9.66. The van der Waals surface area contributed by atoms with E-state index in [9.17, 15) is 0 Å². The number of pyridine rings is 1. The van der Waals surface area contributed by atoms with Gasteiger partial charge >= 0.3 is 0 Å². The standard InChI is InChI=1S/C12H18N2O2/c1-15-5-6-16-12-10(8-13)7-9-3-2-4-11(9)14-12/h7H,2-6,8,13H2,1H3. The second-order valence-corrected chi connectivity index (χ2v) is 3.96. The minimum absolute atomic E-state index is 0.475. The van der Waals surface area contributed by atoms with Crippen molar-refractivity contribution in [3.05, 3.63) is 22.9 Å². The van der Waals surface area contributed by atoms with E-state index in [-0.39, 0.29) is 0 Å². The number of methoxy groups -OCH3 is 1. The third-order valence-corrected chi connectivity index (χ3v) is 2.84. The van der Waals surface area contributed by atoms with E-state index in [0.717, 1.165) is 18.4 Å². The molecule has 2 N–H and O–H groups in total. The quantitative estimate of drug-likeness (QED) is 0.757. The van der Waals surface area contributed by atoms with Crippen molar-refractivity contribution < 1.29 is 9.47 Å². The lowest BCUT2D eigenvalue weighted by Gasteiger charge is -2.11. The van der Waals surface area contributed by atoms with Gasteiger partial charge in [-0.25, -0.2) is 4.98 Å². The van der Waals surface area contributed by atoms with E-state index in [2.05, 4.69) is 11.1 Å². The lowest BCUT2D eigenvalue weighted by atomic mass is 10.1. The van der Waals surface area contributed by atoms with Crippen molar-refractivity contribution in [1.82, 2.24) is 4.98 Å². The number of nitrogens with two attached hydrogens (primary N) is 1. The summed E-state index contributed by atoms with van der Waals surface area (Å²) in [6, 6.07) is 2.14. The Labute approximate surface area is 95.8 Å². The molecule has 0 saturated carbocycles. The summed E-state index contributed by atoms with van der Waals surface area (Å²) in [4.78, 5) is 4.54. The second-order valence-electron chi connectivity index (χ2n) is 3.96. The fraction of sp³-hybridized carbons (Fsp3) is 0.583. The van der Waals surface area contributed by atoms with Crippen LogP contribution in [0.15, 0.2) is 6.07 Å². The van der Waals surface area contributed by atoms with Crippen LogP contribution in [0.4, 0.5) is 0 Å². The largest absolute Gasteiger partial charge is 0.475 e. The number of aromatic nitrogens is 1. The first-order valence-electron chi connectivity index (χ1n) is 5.68. The van der Waals surface area contributed by atoms with Gasteiger partial charge in [-0.15, -0.1) is 0 Å². The van der Waals surface area contributed by atoms with E-state index in [1.54, 1.807) is 7.11 Å². The van der Waals surface area contributed by atoms with Crippen molar-refractivity contribution in [3.8, 4) is 5.88 Å². The summed E-state index contributed by atoms with van der Waals surface area (Å²) in [6.07, 6.45) is 3.36. The summed E-state index contributed by atoms with van der Waals surface area (Å²) in [5, 5.41) is 0. The molecular weight excluding hydrogens is 204 g/mol. The zero-order chi connectivity index (χ0) is 11.4. The van der Waals surface area contributed by atoms with Gasteiger partial charge < -0.3 is 15.2 Å². The summed E-state index contributed by atoms with van der Waals surface area (Å²) in [5.74, 6) is 0.681. The topological polar surface area (TPSA) is 57.4 Å². The minimum Gasteiger partial charge on any atom is -0.475 e. The smallest absolute Gasteiger partial charge is 0.218 e. The fourth-order valence-corrected chi connectivity index (χ4v) is 1.99. The van der Waals surface area contributed by atoms with Crippen LogP contribution in [0.5, 0.6) is 5.88 Å². The van der Waals surface area contributed by atoms with Gasteiger partial charge in [-0.1, -0.05) is 0 Å². The van der Waals surface area contributed by atoms with Crippen molar-refractivity contribution in [1.29, 1.82) is 0 Å². The number of hydrogen-bond donors (Lipinski definition) is 1. The molecule has 1 aromatic heterocycles. The average Bonchev–Trinajstić information content (AvgIpc) is 2.75. The molecule has 0 radical (unpaired) electrons. The third-order valence-electron chi connectivity index (χ3n) is 2.84. The summed E-state index contributed by atoms with van der Waals surface area (Å²) in [7, 11) is 1.66. The third kappa shape index (κ3) is 2.33. The van der Waals surface area contributed by atoms with Crippen molar-refractivity contribution in [2.24, 2.45) is 5.73 Å². The number of nitrogens with zero attached hydrogens (tertiary/aromatic N) is 1. The number of rotatable bonds is 5. The summed E-state index contributed by atoms with van der Waals surface area (Å²) in [5.41, 5.74) is 9.20. The Morgan fingerprint density at radius 3 is 3.00 bits per heavy atom. The Hall–Kier alpha value is -1.13. The van der Waals surface area contributed by atoms with Crippen LogP contribution in [-0.2, 0) is 24.1 Å². The van der Waals surface area contributed by atoms with Gasteiger partial charge in [-0.05, 0) is 30.9 Å². The molecule has 0 spiro atoms. The van der Waals surface area contributed by atoms with Gasteiger partial charge in [0.2, 0.25) is 5.88 Å². The Kier molecular flexibility index (Phi) is 3.74. The highest BCUT2D eigenvalue weighted by molar-refractivity contribution is 5.36. The van der Waals surface area contributed by atoms with Gasteiger partial charge in [0.1, 0.15) is 6.61 Å². The highest BCUT2D eigenvalue weighted by Gasteiger charge is 2.16. The first kappa shape index (κ1) is 11.4. The van der Waals surface area contributed by atoms with Crippen LogP contribution in [0.2, 0.25) is 0 Å². The average molecular weight is 222 g/mol. The molecule has 0 atom stereocenters.